The molecule has 0 spiro atoms. The minimum absolute atomic E-state index is 0.0300. The van der Waals surface area contributed by atoms with Crippen LogP contribution in [0.1, 0.15) is 19.4 Å². The van der Waals surface area contributed by atoms with Crippen LogP contribution in [0.2, 0.25) is 0 Å². The molecule has 2 aromatic rings. The molecule has 0 fully saturated rings. The minimum Gasteiger partial charge on any atom is -0.352 e. The van der Waals surface area contributed by atoms with E-state index in [0.717, 1.165) is 16.8 Å². The van der Waals surface area contributed by atoms with Crippen LogP contribution in [0.25, 0.3) is 11.3 Å². The number of nitrogens with two attached hydrogens (primary N) is 1. The molecule has 20 heavy (non-hydrogen) atoms. The van der Waals surface area contributed by atoms with Crippen molar-refractivity contribution in [1.29, 1.82) is 0 Å². The maximum absolute atomic E-state index is 11.9. The topological polar surface area (TPSA) is 83.8 Å². The standard InChI is InChI=1S/C15H20N4O/c1-15(2,10-16)14(20)17-9-11-3-5-12(6-4-11)13-7-8-18-19-13/h3-8H,9-10,16H2,1-2H3,(H,17,20)(H,18,19). The highest BCUT2D eigenvalue weighted by atomic mass is 16.2. The van der Waals surface area contributed by atoms with E-state index >= 15 is 0 Å². The van der Waals surface area contributed by atoms with E-state index in [1.165, 1.54) is 0 Å². The van der Waals surface area contributed by atoms with Crippen molar-refractivity contribution in [3.05, 3.63) is 42.1 Å². The molecule has 0 saturated carbocycles. The maximum atomic E-state index is 11.9. The van der Waals surface area contributed by atoms with Crippen LogP contribution in [0.5, 0.6) is 0 Å². The molecule has 4 N–H and O–H groups in total. The number of hydrogen-bond acceptors (Lipinski definition) is 3. The fraction of sp³-hybridized carbons (Fsp3) is 0.333. The number of nitrogens with zero attached hydrogens (tertiary/aromatic N) is 1. The van der Waals surface area contributed by atoms with Gasteiger partial charge in [-0.05, 0) is 31.0 Å². The Hall–Kier alpha value is -2.14. The van der Waals surface area contributed by atoms with Gasteiger partial charge in [-0.1, -0.05) is 24.3 Å². The third kappa shape index (κ3) is 3.24. The zero-order chi connectivity index (χ0) is 14.6. The van der Waals surface area contributed by atoms with Gasteiger partial charge in [0.25, 0.3) is 0 Å². The second-order valence-corrected chi connectivity index (χ2v) is 5.44. The van der Waals surface area contributed by atoms with E-state index in [2.05, 4.69) is 15.5 Å². The van der Waals surface area contributed by atoms with Crippen LogP contribution in [0.3, 0.4) is 0 Å². The first-order valence-corrected chi connectivity index (χ1v) is 6.60. The molecular weight excluding hydrogens is 252 g/mol. The first kappa shape index (κ1) is 14.3. The summed E-state index contributed by atoms with van der Waals surface area (Å²) in [6, 6.07) is 9.91. The number of aromatic nitrogens is 2. The van der Waals surface area contributed by atoms with Gasteiger partial charge < -0.3 is 11.1 Å². The van der Waals surface area contributed by atoms with Gasteiger partial charge in [0.05, 0.1) is 11.1 Å². The number of aromatic amines is 1. The van der Waals surface area contributed by atoms with E-state index in [1.807, 2.05) is 44.2 Å². The zero-order valence-electron chi connectivity index (χ0n) is 11.8. The van der Waals surface area contributed by atoms with E-state index in [1.54, 1.807) is 6.20 Å². The Balaban J connectivity index is 1.96. The number of carbonyl (C=O) groups is 1. The Morgan fingerprint density at radius 1 is 1.30 bits per heavy atom. The molecule has 0 aliphatic carbocycles. The Bertz CT molecular complexity index is 558. The molecular formula is C15H20N4O. The fourth-order valence-electron chi connectivity index (χ4n) is 1.73. The number of amides is 1. The van der Waals surface area contributed by atoms with E-state index in [0.29, 0.717) is 13.1 Å². The van der Waals surface area contributed by atoms with E-state index < -0.39 is 5.41 Å². The summed E-state index contributed by atoms with van der Waals surface area (Å²) in [7, 11) is 0. The third-order valence-electron chi connectivity index (χ3n) is 3.34. The third-order valence-corrected chi connectivity index (χ3v) is 3.34. The lowest BCUT2D eigenvalue weighted by Crippen LogP contribution is -2.41. The molecule has 1 aromatic carbocycles. The summed E-state index contributed by atoms with van der Waals surface area (Å²) < 4.78 is 0. The number of rotatable bonds is 5. The highest BCUT2D eigenvalue weighted by Gasteiger charge is 2.25. The molecule has 1 amide bonds. The van der Waals surface area contributed by atoms with E-state index in [-0.39, 0.29) is 5.91 Å². The number of H-pyrrole nitrogens is 1. The van der Waals surface area contributed by atoms with Gasteiger partial charge in [0, 0.05) is 19.3 Å². The second-order valence-electron chi connectivity index (χ2n) is 5.44. The summed E-state index contributed by atoms with van der Waals surface area (Å²) in [5, 5.41) is 9.75. The monoisotopic (exact) mass is 272 g/mol. The first-order valence-electron chi connectivity index (χ1n) is 6.60. The maximum Gasteiger partial charge on any atom is 0.227 e. The second kappa shape index (κ2) is 5.88. The van der Waals surface area contributed by atoms with Gasteiger partial charge in [0.1, 0.15) is 0 Å². The molecule has 1 aromatic heterocycles. The molecule has 0 bridgehead atoms. The number of benzene rings is 1. The highest BCUT2D eigenvalue weighted by molar-refractivity contribution is 5.82. The SMILES string of the molecule is CC(C)(CN)C(=O)NCc1ccc(-c2ccn[nH]2)cc1. The molecule has 0 unspecified atom stereocenters. The highest BCUT2D eigenvalue weighted by Crippen LogP contribution is 2.17. The van der Waals surface area contributed by atoms with Gasteiger partial charge in [0.2, 0.25) is 5.91 Å². The predicted molar refractivity (Wildman–Crippen MR) is 78.7 cm³/mol. The van der Waals surface area contributed by atoms with Crippen molar-refractivity contribution in [2.45, 2.75) is 20.4 Å². The fourth-order valence-corrected chi connectivity index (χ4v) is 1.73. The van der Waals surface area contributed by atoms with E-state index in [4.69, 9.17) is 5.73 Å². The van der Waals surface area contributed by atoms with Crippen molar-refractivity contribution in [1.82, 2.24) is 15.5 Å². The van der Waals surface area contributed by atoms with Crippen molar-refractivity contribution in [3.8, 4) is 11.3 Å². The van der Waals surface area contributed by atoms with Crippen LogP contribution in [0.15, 0.2) is 36.5 Å². The van der Waals surface area contributed by atoms with Gasteiger partial charge in [-0.15, -0.1) is 0 Å². The molecule has 0 radical (unpaired) electrons. The average molecular weight is 272 g/mol. The normalized spacial score (nSPS) is 11.3. The van der Waals surface area contributed by atoms with Gasteiger partial charge in [-0.25, -0.2) is 0 Å². The molecule has 5 nitrogen and oxygen atoms in total. The average Bonchev–Trinajstić information content (AvgIpc) is 2.99. The van der Waals surface area contributed by atoms with Crippen molar-refractivity contribution in [3.63, 3.8) is 0 Å². The zero-order valence-corrected chi connectivity index (χ0v) is 11.8. The van der Waals surface area contributed by atoms with Gasteiger partial charge in [-0.2, -0.15) is 5.10 Å². The molecule has 1 heterocycles. The van der Waals surface area contributed by atoms with E-state index in [9.17, 15) is 4.79 Å². The van der Waals surface area contributed by atoms with Crippen molar-refractivity contribution in [2.24, 2.45) is 11.1 Å². The summed E-state index contributed by atoms with van der Waals surface area (Å²) in [4.78, 5) is 11.9. The lowest BCUT2D eigenvalue weighted by Gasteiger charge is -2.21. The summed E-state index contributed by atoms with van der Waals surface area (Å²) >= 11 is 0. The molecule has 5 heteroatoms. The summed E-state index contributed by atoms with van der Waals surface area (Å²) in [5.74, 6) is -0.0300. The lowest BCUT2D eigenvalue weighted by molar-refractivity contribution is -0.129. The van der Waals surface area contributed by atoms with Crippen LogP contribution >= 0.6 is 0 Å². The Morgan fingerprint density at radius 2 is 2.00 bits per heavy atom. The molecule has 0 aliphatic rings. The molecule has 2 rings (SSSR count). The van der Waals surface area contributed by atoms with Crippen LogP contribution in [-0.4, -0.2) is 22.6 Å². The first-order chi connectivity index (χ1) is 9.53. The van der Waals surface area contributed by atoms with Crippen LogP contribution in [-0.2, 0) is 11.3 Å². The smallest absolute Gasteiger partial charge is 0.227 e. The van der Waals surface area contributed by atoms with Gasteiger partial charge in [0.15, 0.2) is 0 Å². The summed E-state index contributed by atoms with van der Waals surface area (Å²) in [6.45, 7) is 4.51. The van der Waals surface area contributed by atoms with Gasteiger partial charge in [-0.3, -0.25) is 9.89 Å². The number of carbonyl (C=O) groups excluding carboxylic acids is 1. The number of nitrogens with one attached hydrogen (secondary N) is 2. The molecule has 0 atom stereocenters. The molecule has 0 saturated heterocycles. The van der Waals surface area contributed by atoms with Gasteiger partial charge >= 0.3 is 0 Å². The Morgan fingerprint density at radius 3 is 2.55 bits per heavy atom. The van der Waals surface area contributed by atoms with Crippen LogP contribution < -0.4 is 11.1 Å². The van der Waals surface area contributed by atoms with Crippen molar-refractivity contribution in [2.75, 3.05) is 6.54 Å². The largest absolute Gasteiger partial charge is 0.352 e. The van der Waals surface area contributed by atoms with Crippen molar-refractivity contribution >= 4 is 5.91 Å². The summed E-state index contributed by atoms with van der Waals surface area (Å²) in [5.41, 5.74) is 8.14. The van der Waals surface area contributed by atoms with Crippen molar-refractivity contribution < 1.29 is 4.79 Å². The molecule has 0 aliphatic heterocycles. The van der Waals surface area contributed by atoms with Crippen LogP contribution in [0.4, 0.5) is 0 Å². The summed E-state index contributed by atoms with van der Waals surface area (Å²) in [6.07, 6.45) is 1.72. The number of hydrogen-bond donors (Lipinski definition) is 3. The molecule has 106 valence electrons. The van der Waals surface area contributed by atoms with Crippen LogP contribution in [0, 0.1) is 5.41 Å². The lowest BCUT2D eigenvalue weighted by atomic mass is 9.92. The minimum atomic E-state index is -0.532. The Labute approximate surface area is 118 Å². The quantitative estimate of drug-likeness (QED) is 0.774. The Kier molecular flexibility index (Phi) is 4.20. The predicted octanol–water partition coefficient (Wildman–Crippen LogP) is 1.68.